The molecule has 0 bridgehead atoms. The molecule has 0 unspecified atom stereocenters. The normalized spacial score (nSPS) is 10.5. The molecule has 0 aromatic heterocycles. The minimum atomic E-state index is -0.582. The summed E-state index contributed by atoms with van der Waals surface area (Å²) in [6, 6.07) is 12.8. The van der Waals surface area contributed by atoms with Gasteiger partial charge < -0.3 is 0 Å². The van der Waals surface area contributed by atoms with Crippen molar-refractivity contribution < 1.29 is 9.72 Å². The summed E-state index contributed by atoms with van der Waals surface area (Å²) >= 11 is 5.85. The van der Waals surface area contributed by atoms with Crippen molar-refractivity contribution in [2.45, 2.75) is 0 Å². The number of non-ortho nitro benzene ring substituents is 1. The second kappa shape index (κ2) is 6.62. The summed E-state index contributed by atoms with van der Waals surface area (Å²) in [5.74, 6) is -0.540. The highest BCUT2D eigenvalue weighted by molar-refractivity contribution is 6.34. The van der Waals surface area contributed by atoms with E-state index in [1.807, 2.05) is 30.3 Å². The molecule has 0 fully saturated rings. The Morgan fingerprint density at radius 2 is 1.95 bits per heavy atom. The van der Waals surface area contributed by atoms with Gasteiger partial charge in [-0.15, -0.1) is 0 Å². The summed E-state index contributed by atoms with van der Waals surface area (Å²) in [6.45, 7) is 0. The van der Waals surface area contributed by atoms with Crippen molar-refractivity contribution >= 4 is 29.4 Å². The lowest BCUT2D eigenvalue weighted by molar-refractivity contribution is -0.384. The number of halogens is 1. The minimum Gasteiger partial charge on any atom is -0.267 e. The average molecular weight is 304 g/mol. The van der Waals surface area contributed by atoms with Gasteiger partial charge in [-0.3, -0.25) is 14.9 Å². The average Bonchev–Trinajstić information content (AvgIpc) is 2.48. The van der Waals surface area contributed by atoms with Crippen LogP contribution in [0.2, 0.25) is 5.02 Å². The number of nitro groups is 1. The number of carbonyl (C=O) groups excluding carboxylic acids is 1. The van der Waals surface area contributed by atoms with Crippen LogP contribution in [0.4, 0.5) is 5.69 Å². The highest BCUT2D eigenvalue weighted by atomic mass is 35.5. The minimum absolute atomic E-state index is 0.00314. The molecule has 0 saturated heterocycles. The zero-order chi connectivity index (χ0) is 15.2. The third-order valence-corrected chi connectivity index (χ3v) is 2.90. The van der Waals surface area contributed by atoms with Gasteiger partial charge in [0.25, 0.3) is 11.6 Å². The number of rotatable bonds is 4. The fourth-order valence-electron chi connectivity index (χ4n) is 1.57. The molecule has 0 radical (unpaired) electrons. The van der Waals surface area contributed by atoms with Crippen molar-refractivity contribution in [3.63, 3.8) is 0 Å². The fourth-order valence-corrected chi connectivity index (χ4v) is 1.83. The zero-order valence-corrected chi connectivity index (χ0v) is 11.4. The summed E-state index contributed by atoms with van der Waals surface area (Å²) in [7, 11) is 0. The smallest absolute Gasteiger partial charge is 0.267 e. The third-order valence-electron chi connectivity index (χ3n) is 2.59. The summed E-state index contributed by atoms with van der Waals surface area (Å²) in [5.41, 5.74) is 3.08. The SMILES string of the molecule is O=C(NN=Cc1ccccc1)c1ccc([N+](=O)[O-])cc1Cl. The lowest BCUT2D eigenvalue weighted by atomic mass is 10.2. The molecule has 2 aromatic carbocycles. The lowest BCUT2D eigenvalue weighted by Crippen LogP contribution is -2.18. The van der Waals surface area contributed by atoms with E-state index in [1.54, 1.807) is 0 Å². The molecule has 0 aliphatic heterocycles. The first-order chi connectivity index (χ1) is 10.1. The van der Waals surface area contributed by atoms with Crippen LogP contribution in [0.15, 0.2) is 53.6 Å². The number of hydrazone groups is 1. The number of nitrogens with zero attached hydrogens (tertiary/aromatic N) is 2. The Balaban J connectivity index is 2.07. The van der Waals surface area contributed by atoms with Gasteiger partial charge in [-0.1, -0.05) is 41.9 Å². The standard InChI is InChI=1S/C14H10ClN3O3/c15-13-8-11(18(20)21)6-7-12(13)14(19)17-16-9-10-4-2-1-3-5-10/h1-9H,(H,17,19). The Hall–Kier alpha value is -2.73. The van der Waals surface area contributed by atoms with Crippen LogP contribution >= 0.6 is 11.6 Å². The van der Waals surface area contributed by atoms with Crippen LogP contribution in [0.5, 0.6) is 0 Å². The van der Waals surface area contributed by atoms with Crippen molar-refractivity contribution in [1.29, 1.82) is 0 Å². The van der Waals surface area contributed by atoms with Crippen molar-refractivity contribution in [3.8, 4) is 0 Å². The third kappa shape index (κ3) is 3.87. The first-order valence-electron chi connectivity index (χ1n) is 5.90. The number of amides is 1. The Morgan fingerprint density at radius 1 is 1.24 bits per heavy atom. The molecule has 0 aliphatic rings. The molecule has 6 nitrogen and oxygen atoms in total. The molecule has 2 rings (SSSR count). The fraction of sp³-hybridized carbons (Fsp3) is 0. The number of carbonyl (C=O) groups is 1. The summed E-state index contributed by atoms with van der Waals surface area (Å²) in [5, 5.41) is 14.4. The number of nitro benzene ring substituents is 1. The van der Waals surface area contributed by atoms with E-state index in [4.69, 9.17) is 11.6 Å². The highest BCUT2D eigenvalue weighted by Gasteiger charge is 2.14. The van der Waals surface area contributed by atoms with Crippen LogP contribution < -0.4 is 5.43 Å². The number of nitrogens with one attached hydrogen (secondary N) is 1. The predicted molar refractivity (Wildman–Crippen MR) is 79.6 cm³/mol. The summed E-state index contributed by atoms with van der Waals surface area (Å²) in [4.78, 5) is 21.9. The van der Waals surface area contributed by atoms with Crippen LogP contribution in [0.3, 0.4) is 0 Å². The van der Waals surface area contributed by atoms with Gasteiger partial charge in [-0.25, -0.2) is 5.43 Å². The molecular weight excluding hydrogens is 294 g/mol. The monoisotopic (exact) mass is 303 g/mol. The van der Waals surface area contributed by atoms with Crippen molar-refractivity contribution in [2.75, 3.05) is 0 Å². The molecule has 21 heavy (non-hydrogen) atoms. The summed E-state index contributed by atoms with van der Waals surface area (Å²) in [6.07, 6.45) is 1.48. The Labute approximate surface area is 125 Å². The van der Waals surface area contributed by atoms with Gasteiger partial charge in [0, 0.05) is 12.1 Å². The predicted octanol–water partition coefficient (Wildman–Crippen LogP) is 3.01. The molecule has 7 heteroatoms. The van der Waals surface area contributed by atoms with Crippen molar-refractivity contribution in [2.24, 2.45) is 5.10 Å². The molecule has 0 saturated carbocycles. The van der Waals surface area contributed by atoms with Crippen molar-refractivity contribution in [3.05, 3.63) is 74.8 Å². The van der Waals surface area contributed by atoms with Gasteiger partial charge in [-0.2, -0.15) is 5.10 Å². The first kappa shape index (κ1) is 14.7. The number of hydrogen-bond donors (Lipinski definition) is 1. The maximum atomic E-state index is 11.9. The first-order valence-corrected chi connectivity index (χ1v) is 6.28. The number of hydrogen-bond acceptors (Lipinski definition) is 4. The van der Waals surface area contributed by atoms with Crippen LogP contribution in [0, 0.1) is 10.1 Å². The number of benzene rings is 2. The van der Waals surface area contributed by atoms with E-state index >= 15 is 0 Å². The molecule has 0 aliphatic carbocycles. The van der Waals surface area contributed by atoms with E-state index in [0.29, 0.717) is 0 Å². The van der Waals surface area contributed by atoms with Gasteiger partial charge in [0.15, 0.2) is 0 Å². The molecule has 106 valence electrons. The molecule has 1 N–H and O–H groups in total. The lowest BCUT2D eigenvalue weighted by Gasteiger charge is -2.02. The van der Waals surface area contributed by atoms with Gasteiger partial charge in [-0.05, 0) is 11.6 Å². The molecular formula is C14H10ClN3O3. The van der Waals surface area contributed by atoms with E-state index in [1.165, 1.54) is 18.3 Å². The van der Waals surface area contributed by atoms with Crippen LogP contribution in [0.1, 0.15) is 15.9 Å². The van der Waals surface area contributed by atoms with Crippen LogP contribution in [0.25, 0.3) is 0 Å². The second-order valence-electron chi connectivity index (χ2n) is 4.03. The van der Waals surface area contributed by atoms with Crippen molar-refractivity contribution in [1.82, 2.24) is 5.43 Å². The molecule has 0 spiro atoms. The van der Waals surface area contributed by atoms with Gasteiger partial charge in [0.2, 0.25) is 0 Å². The largest absolute Gasteiger partial charge is 0.272 e. The highest BCUT2D eigenvalue weighted by Crippen LogP contribution is 2.22. The zero-order valence-electron chi connectivity index (χ0n) is 10.7. The van der Waals surface area contributed by atoms with Gasteiger partial charge in [0.1, 0.15) is 0 Å². The topological polar surface area (TPSA) is 84.6 Å². The Bertz CT molecular complexity index is 702. The maximum absolute atomic E-state index is 11.9. The van der Waals surface area contributed by atoms with Gasteiger partial charge in [0.05, 0.1) is 21.7 Å². The summed E-state index contributed by atoms with van der Waals surface area (Å²) < 4.78 is 0. The second-order valence-corrected chi connectivity index (χ2v) is 4.44. The Morgan fingerprint density at radius 3 is 2.57 bits per heavy atom. The van der Waals surface area contributed by atoms with Crippen LogP contribution in [-0.2, 0) is 0 Å². The van der Waals surface area contributed by atoms with E-state index in [0.717, 1.165) is 11.6 Å². The van der Waals surface area contributed by atoms with E-state index in [2.05, 4.69) is 10.5 Å². The van der Waals surface area contributed by atoms with E-state index < -0.39 is 10.8 Å². The van der Waals surface area contributed by atoms with E-state index in [-0.39, 0.29) is 16.3 Å². The quantitative estimate of drug-likeness (QED) is 0.535. The van der Waals surface area contributed by atoms with Crippen LogP contribution in [-0.4, -0.2) is 17.0 Å². The molecule has 1 amide bonds. The maximum Gasteiger partial charge on any atom is 0.272 e. The Kier molecular flexibility index (Phi) is 4.63. The molecule has 0 atom stereocenters. The molecule has 2 aromatic rings. The van der Waals surface area contributed by atoms with Gasteiger partial charge >= 0.3 is 0 Å². The van der Waals surface area contributed by atoms with E-state index in [9.17, 15) is 14.9 Å². The molecule has 0 heterocycles.